The Bertz CT molecular complexity index is 1260. The van der Waals surface area contributed by atoms with E-state index in [-0.39, 0.29) is 0 Å². The van der Waals surface area contributed by atoms with Gasteiger partial charge in [-0.05, 0) is 97.7 Å². The summed E-state index contributed by atoms with van der Waals surface area (Å²) in [6, 6.07) is 26.5. The average molecular weight is 436 g/mol. The Labute approximate surface area is 156 Å². The number of fused-ring (bicyclic) bond motifs is 4. The number of halogens is 2. The van der Waals surface area contributed by atoms with Gasteiger partial charge in [0.05, 0.1) is 0 Å². The second kappa shape index (κ2) is 5.30. The van der Waals surface area contributed by atoms with Crippen LogP contribution in [-0.2, 0) is 0 Å². The molecule has 0 unspecified atom stereocenters. The van der Waals surface area contributed by atoms with Crippen molar-refractivity contribution in [2.24, 2.45) is 0 Å². The van der Waals surface area contributed by atoms with E-state index in [0.29, 0.717) is 0 Å². The summed E-state index contributed by atoms with van der Waals surface area (Å²) in [7, 11) is 0. The summed E-state index contributed by atoms with van der Waals surface area (Å²) in [6.45, 7) is 0. The Morgan fingerprint density at radius 1 is 0.458 bits per heavy atom. The summed E-state index contributed by atoms with van der Waals surface area (Å²) in [5, 5.41) is 10.2. The third-order valence-electron chi connectivity index (χ3n) is 4.66. The zero-order valence-electron chi connectivity index (χ0n) is 12.7. The summed E-state index contributed by atoms with van der Waals surface area (Å²) in [5.74, 6) is 0. The van der Waals surface area contributed by atoms with Gasteiger partial charge in [0.25, 0.3) is 0 Å². The number of hydrogen-bond acceptors (Lipinski definition) is 0. The van der Waals surface area contributed by atoms with Crippen LogP contribution in [0.15, 0.2) is 81.7 Å². The van der Waals surface area contributed by atoms with Crippen molar-refractivity contribution in [1.29, 1.82) is 0 Å². The summed E-state index contributed by atoms with van der Waals surface area (Å²) in [5.41, 5.74) is 0. The normalized spacial score (nSPS) is 11.8. The zero-order chi connectivity index (χ0) is 16.3. The third kappa shape index (κ3) is 2.25. The summed E-state index contributed by atoms with van der Waals surface area (Å²) in [4.78, 5) is 0. The van der Waals surface area contributed by atoms with Crippen molar-refractivity contribution >= 4 is 74.9 Å². The van der Waals surface area contributed by atoms with Gasteiger partial charge in [-0.2, -0.15) is 0 Å². The topological polar surface area (TPSA) is 0 Å². The van der Waals surface area contributed by atoms with Crippen LogP contribution in [0.2, 0.25) is 0 Å². The van der Waals surface area contributed by atoms with E-state index in [4.69, 9.17) is 0 Å². The maximum atomic E-state index is 3.67. The second-order valence-electron chi connectivity index (χ2n) is 6.20. The first-order valence-corrected chi connectivity index (χ1v) is 9.41. The lowest BCUT2D eigenvalue weighted by molar-refractivity contribution is 1.72. The molecule has 0 N–H and O–H groups in total. The molecular formula is C22H12Br2. The third-order valence-corrected chi connectivity index (χ3v) is 5.84. The van der Waals surface area contributed by atoms with Crippen molar-refractivity contribution in [3.63, 3.8) is 0 Å². The highest BCUT2D eigenvalue weighted by Crippen LogP contribution is 2.33. The molecule has 0 aliphatic carbocycles. The minimum absolute atomic E-state index is 1.12. The summed E-state index contributed by atoms with van der Waals surface area (Å²) in [6.07, 6.45) is 0. The molecule has 0 atom stereocenters. The second-order valence-corrected chi connectivity index (χ2v) is 7.97. The lowest BCUT2D eigenvalue weighted by atomic mass is 9.97. The van der Waals surface area contributed by atoms with Crippen LogP contribution in [0.4, 0.5) is 0 Å². The molecule has 0 fully saturated rings. The highest BCUT2D eigenvalue weighted by atomic mass is 79.9. The smallest absolute Gasteiger partial charge is 0.0253 e. The first kappa shape index (κ1) is 14.4. The van der Waals surface area contributed by atoms with Crippen LogP contribution in [0.1, 0.15) is 0 Å². The van der Waals surface area contributed by atoms with E-state index in [1.807, 2.05) is 0 Å². The predicted molar refractivity (Wildman–Crippen MR) is 112 cm³/mol. The Hall–Kier alpha value is -1.90. The quantitative estimate of drug-likeness (QED) is 0.217. The van der Waals surface area contributed by atoms with Gasteiger partial charge in [0.2, 0.25) is 0 Å². The maximum Gasteiger partial charge on any atom is 0.0253 e. The fraction of sp³-hybridized carbons (Fsp3) is 0. The first-order chi connectivity index (χ1) is 11.7. The predicted octanol–water partition coefficient (Wildman–Crippen LogP) is 7.82. The highest BCUT2D eigenvalue weighted by Gasteiger charge is 2.05. The molecular weight excluding hydrogens is 424 g/mol. The van der Waals surface area contributed by atoms with E-state index < -0.39 is 0 Å². The molecule has 0 aromatic heterocycles. The minimum atomic E-state index is 1.12. The Kier molecular flexibility index (Phi) is 3.19. The summed E-state index contributed by atoms with van der Waals surface area (Å²) < 4.78 is 2.26. The van der Waals surface area contributed by atoms with Crippen LogP contribution >= 0.6 is 31.9 Å². The lowest BCUT2D eigenvalue weighted by Gasteiger charge is -2.08. The molecule has 24 heavy (non-hydrogen) atoms. The van der Waals surface area contributed by atoms with E-state index in [9.17, 15) is 0 Å². The molecule has 0 amide bonds. The molecule has 0 radical (unpaired) electrons. The molecule has 0 spiro atoms. The standard InChI is InChI=1S/C22H12Br2/c23-20-5-4-13-6-15-10-19-12-21-14(2-1-3-22(21)24)7-16(19)8-17(15)9-18(13)11-20/h1-12H. The Morgan fingerprint density at radius 2 is 1.04 bits per heavy atom. The van der Waals surface area contributed by atoms with Gasteiger partial charge in [-0.15, -0.1) is 0 Å². The molecule has 0 bridgehead atoms. The molecule has 114 valence electrons. The van der Waals surface area contributed by atoms with E-state index in [0.717, 1.165) is 8.95 Å². The fourth-order valence-corrected chi connectivity index (χ4v) is 4.34. The van der Waals surface area contributed by atoms with Crippen molar-refractivity contribution in [3.8, 4) is 0 Å². The van der Waals surface area contributed by atoms with Crippen molar-refractivity contribution in [1.82, 2.24) is 0 Å². The molecule has 0 aliphatic heterocycles. The van der Waals surface area contributed by atoms with Gasteiger partial charge in [0, 0.05) is 8.95 Å². The molecule has 0 heterocycles. The van der Waals surface area contributed by atoms with Gasteiger partial charge in [-0.1, -0.05) is 50.1 Å². The van der Waals surface area contributed by atoms with Gasteiger partial charge < -0.3 is 0 Å². The van der Waals surface area contributed by atoms with Crippen LogP contribution in [0.3, 0.4) is 0 Å². The maximum absolute atomic E-state index is 3.67. The average Bonchev–Trinajstić information content (AvgIpc) is 2.57. The minimum Gasteiger partial charge on any atom is -0.0605 e. The SMILES string of the molecule is Brc1ccc2cc3cc4cc5c(Br)cccc5cc4cc3cc2c1. The molecule has 2 heteroatoms. The Balaban J connectivity index is 1.90. The van der Waals surface area contributed by atoms with E-state index >= 15 is 0 Å². The molecule has 0 aliphatic rings. The van der Waals surface area contributed by atoms with Gasteiger partial charge in [-0.3, -0.25) is 0 Å². The number of benzene rings is 5. The summed E-state index contributed by atoms with van der Waals surface area (Å²) >= 11 is 7.23. The van der Waals surface area contributed by atoms with Crippen molar-refractivity contribution in [2.75, 3.05) is 0 Å². The zero-order valence-corrected chi connectivity index (χ0v) is 15.9. The number of hydrogen-bond donors (Lipinski definition) is 0. The molecule has 5 aromatic carbocycles. The van der Waals surface area contributed by atoms with Crippen molar-refractivity contribution < 1.29 is 0 Å². The van der Waals surface area contributed by atoms with Gasteiger partial charge in [-0.25, -0.2) is 0 Å². The lowest BCUT2D eigenvalue weighted by Crippen LogP contribution is -1.81. The fourth-order valence-electron chi connectivity index (χ4n) is 3.46. The molecule has 0 nitrogen and oxygen atoms in total. The largest absolute Gasteiger partial charge is 0.0605 e. The molecule has 0 saturated heterocycles. The molecule has 5 rings (SSSR count). The Morgan fingerprint density at radius 3 is 1.79 bits per heavy atom. The van der Waals surface area contributed by atoms with Gasteiger partial charge in [0.15, 0.2) is 0 Å². The highest BCUT2D eigenvalue weighted by molar-refractivity contribution is 9.11. The van der Waals surface area contributed by atoms with E-state index in [1.54, 1.807) is 0 Å². The molecule has 0 saturated carbocycles. The van der Waals surface area contributed by atoms with Gasteiger partial charge >= 0.3 is 0 Å². The number of rotatable bonds is 0. The van der Waals surface area contributed by atoms with Crippen LogP contribution in [0.5, 0.6) is 0 Å². The van der Waals surface area contributed by atoms with E-state index in [1.165, 1.54) is 43.1 Å². The van der Waals surface area contributed by atoms with Gasteiger partial charge in [0.1, 0.15) is 0 Å². The van der Waals surface area contributed by atoms with E-state index in [2.05, 4.69) is 105 Å². The van der Waals surface area contributed by atoms with Crippen LogP contribution in [-0.4, -0.2) is 0 Å². The van der Waals surface area contributed by atoms with Crippen molar-refractivity contribution in [2.45, 2.75) is 0 Å². The monoisotopic (exact) mass is 434 g/mol. The van der Waals surface area contributed by atoms with Crippen LogP contribution in [0.25, 0.3) is 43.1 Å². The van der Waals surface area contributed by atoms with Crippen LogP contribution in [0, 0.1) is 0 Å². The molecule has 5 aromatic rings. The van der Waals surface area contributed by atoms with Crippen LogP contribution < -0.4 is 0 Å². The van der Waals surface area contributed by atoms with Crippen molar-refractivity contribution in [3.05, 3.63) is 81.7 Å². The first-order valence-electron chi connectivity index (χ1n) is 7.82.